The molecule has 0 aliphatic heterocycles. The standard InChI is InChI=1S/C19H18ClN3O2/c1-12(2)19-22-17(23-25-19)10-13-6-8-16(9-7-13)21-18(24)14-4-3-5-15(20)11-14/h3-9,11-12H,10H2,1-2H3,(H,21,24). The van der Waals surface area contributed by atoms with Gasteiger partial charge in [0.05, 0.1) is 0 Å². The number of carbonyl (C=O) groups is 1. The summed E-state index contributed by atoms with van der Waals surface area (Å²) in [6.45, 7) is 4.02. The number of anilines is 1. The third-order valence-corrected chi connectivity index (χ3v) is 3.87. The molecule has 3 aromatic rings. The first kappa shape index (κ1) is 17.2. The van der Waals surface area contributed by atoms with Crippen LogP contribution in [-0.4, -0.2) is 16.0 Å². The van der Waals surface area contributed by atoms with Gasteiger partial charge in [-0.1, -0.05) is 48.8 Å². The van der Waals surface area contributed by atoms with E-state index < -0.39 is 0 Å². The molecule has 128 valence electrons. The zero-order valence-electron chi connectivity index (χ0n) is 14.0. The van der Waals surface area contributed by atoms with E-state index in [1.165, 1.54) is 0 Å². The van der Waals surface area contributed by atoms with Gasteiger partial charge in [-0.25, -0.2) is 0 Å². The van der Waals surface area contributed by atoms with Crippen LogP contribution in [0.15, 0.2) is 53.1 Å². The van der Waals surface area contributed by atoms with Gasteiger partial charge in [0.15, 0.2) is 5.82 Å². The van der Waals surface area contributed by atoms with Gasteiger partial charge in [0, 0.05) is 28.6 Å². The molecule has 0 atom stereocenters. The molecule has 1 heterocycles. The molecule has 1 N–H and O–H groups in total. The van der Waals surface area contributed by atoms with Gasteiger partial charge < -0.3 is 9.84 Å². The van der Waals surface area contributed by atoms with E-state index in [-0.39, 0.29) is 11.8 Å². The van der Waals surface area contributed by atoms with Gasteiger partial charge in [0.1, 0.15) is 0 Å². The minimum absolute atomic E-state index is 0.199. The highest BCUT2D eigenvalue weighted by atomic mass is 35.5. The number of carbonyl (C=O) groups excluding carboxylic acids is 1. The number of nitrogens with zero attached hydrogens (tertiary/aromatic N) is 2. The van der Waals surface area contributed by atoms with Gasteiger partial charge in [-0.3, -0.25) is 4.79 Å². The second-order valence-corrected chi connectivity index (χ2v) is 6.48. The van der Waals surface area contributed by atoms with Gasteiger partial charge in [-0.15, -0.1) is 0 Å². The molecule has 25 heavy (non-hydrogen) atoms. The molecule has 1 aromatic heterocycles. The Kier molecular flexibility index (Phi) is 5.14. The van der Waals surface area contributed by atoms with Crippen molar-refractivity contribution in [3.05, 3.63) is 76.4 Å². The summed E-state index contributed by atoms with van der Waals surface area (Å²) in [4.78, 5) is 16.6. The molecule has 0 bridgehead atoms. The summed E-state index contributed by atoms with van der Waals surface area (Å²) in [5.41, 5.74) is 2.27. The molecule has 0 fully saturated rings. The molecule has 0 radical (unpaired) electrons. The van der Waals surface area contributed by atoms with Crippen LogP contribution in [0.2, 0.25) is 5.02 Å². The number of benzene rings is 2. The van der Waals surface area contributed by atoms with Crippen LogP contribution in [0, 0.1) is 0 Å². The van der Waals surface area contributed by atoms with Crippen LogP contribution in [0.25, 0.3) is 0 Å². The van der Waals surface area contributed by atoms with Gasteiger partial charge >= 0.3 is 0 Å². The molecule has 6 heteroatoms. The number of rotatable bonds is 5. The van der Waals surface area contributed by atoms with Crippen molar-refractivity contribution in [1.82, 2.24) is 10.1 Å². The molecule has 0 aliphatic carbocycles. The second-order valence-electron chi connectivity index (χ2n) is 6.04. The lowest BCUT2D eigenvalue weighted by Crippen LogP contribution is -2.11. The molecular formula is C19H18ClN3O2. The molecule has 1 amide bonds. The van der Waals surface area contributed by atoms with E-state index in [4.69, 9.17) is 16.1 Å². The fraction of sp³-hybridized carbons (Fsp3) is 0.211. The first-order valence-corrected chi connectivity index (χ1v) is 8.37. The molecule has 3 rings (SSSR count). The zero-order chi connectivity index (χ0) is 17.8. The summed E-state index contributed by atoms with van der Waals surface area (Å²) in [6.07, 6.45) is 0.582. The first-order valence-electron chi connectivity index (χ1n) is 7.99. The van der Waals surface area contributed by atoms with E-state index in [9.17, 15) is 4.79 Å². The Morgan fingerprint density at radius 3 is 2.60 bits per heavy atom. The van der Waals surface area contributed by atoms with Crippen molar-refractivity contribution in [2.24, 2.45) is 0 Å². The monoisotopic (exact) mass is 355 g/mol. The molecule has 0 saturated carbocycles. The third-order valence-electron chi connectivity index (χ3n) is 3.64. The number of hydrogen-bond donors (Lipinski definition) is 1. The summed E-state index contributed by atoms with van der Waals surface area (Å²) >= 11 is 5.91. The average molecular weight is 356 g/mol. The van der Waals surface area contributed by atoms with Crippen molar-refractivity contribution >= 4 is 23.2 Å². The van der Waals surface area contributed by atoms with E-state index in [0.717, 1.165) is 5.56 Å². The summed E-state index contributed by atoms with van der Waals surface area (Å²) < 4.78 is 5.20. The average Bonchev–Trinajstić information content (AvgIpc) is 3.05. The predicted molar refractivity (Wildman–Crippen MR) is 97.0 cm³/mol. The summed E-state index contributed by atoms with van der Waals surface area (Å²) in [5.74, 6) is 1.31. The number of halogens is 1. The molecule has 2 aromatic carbocycles. The number of amides is 1. The quantitative estimate of drug-likeness (QED) is 0.720. The smallest absolute Gasteiger partial charge is 0.255 e. The largest absolute Gasteiger partial charge is 0.339 e. The molecule has 5 nitrogen and oxygen atoms in total. The summed E-state index contributed by atoms with van der Waals surface area (Å²) in [5, 5.41) is 7.36. The van der Waals surface area contributed by atoms with Crippen LogP contribution in [0.5, 0.6) is 0 Å². The van der Waals surface area contributed by atoms with Crippen molar-refractivity contribution in [3.63, 3.8) is 0 Å². The van der Waals surface area contributed by atoms with Gasteiger partial charge in [0.2, 0.25) is 5.89 Å². The fourth-order valence-corrected chi connectivity index (χ4v) is 2.49. The van der Waals surface area contributed by atoms with Crippen LogP contribution >= 0.6 is 11.6 Å². The maximum Gasteiger partial charge on any atom is 0.255 e. The van der Waals surface area contributed by atoms with Crippen molar-refractivity contribution in [3.8, 4) is 0 Å². The Bertz CT molecular complexity index is 872. The highest BCUT2D eigenvalue weighted by molar-refractivity contribution is 6.31. The van der Waals surface area contributed by atoms with E-state index >= 15 is 0 Å². The normalized spacial score (nSPS) is 10.9. The maximum atomic E-state index is 12.2. The van der Waals surface area contributed by atoms with Crippen LogP contribution in [0.1, 0.15) is 47.4 Å². The molecule has 0 aliphatic rings. The number of hydrogen-bond acceptors (Lipinski definition) is 4. The van der Waals surface area contributed by atoms with Gasteiger partial charge in [-0.2, -0.15) is 4.98 Å². The highest BCUT2D eigenvalue weighted by Gasteiger charge is 2.11. The third kappa shape index (κ3) is 4.45. The Morgan fingerprint density at radius 1 is 1.20 bits per heavy atom. The second kappa shape index (κ2) is 7.49. The Hall–Kier alpha value is -2.66. The lowest BCUT2D eigenvalue weighted by atomic mass is 10.1. The SMILES string of the molecule is CC(C)c1nc(Cc2ccc(NC(=O)c3cccc(Cl)c3)cc2)no1. The lowest BCUT2D eigenvalue weighted by Gasteiger charge is -2.06. The van der Waals surface area contributed by atoms with Crippen molar-refractivity contribution < 1.29 is 9.32 Å². The Labute approximate surface area is 151 Å². The molecule has 0 spiro atoms. The minimum atomic E-state index is -0.199. The van der Waals surface area contributed by atoms with E-state index in [2.05, 4.69) is 15.5 Å². The maximum absolute atomic E-state index is 12.2. The highest BCUT2D eigenvalue weighted by Crippen LogP contribution is 2.17. The predicted octanol–water partition coefficient (Wildman–Crippen LogP) is 4.69. The lowest BCUT2D eigenvalue weighted by molar-refractivity contribution is 0.102. The summed E-state index contributed by atoms with van der Waals surface area (Å²) in [7, 11) is 0. The van der Waals surface area contributed by atoms with Crippen molar-refractivity contribution in [2.45, 2.75) is 26.2 Å². The van der Waals surface area contributed by atoms with Gasteiger partial charge in [0.25, 0.3) is 5.91 Å². The minimum Gasteiger partial charge on any atom is -0.339 e. The van der Waals surface area contributed by atoms with Gasteiger partial charge in [-0.05, 0) is 35.9 Å². The molecular weight excluding hydrogens is 338 g/mol. The van der Waals surface area contributed by atoms with E-state index in [1.807, 2.05) is 38.1 Å². The van der Waals surface area contributed by atoms with Crippen molar-refractivity contribution in [1.29, 1.82) is 0 Å². The van der Waals surface area contributed by atoms with E-state index in [0.29, 0.717) is 34.4 Å². The van der Waals surface area contributed by atoms with Crippen molar-refractivity contribution in [2.75, 3.05) is 5.32 Å². The van der Waals surface area contributed by atoms with Crippen LogP contribution in [0.4, 0.5) is 5.69 Å². The fourth-order valence-electron chi connectivity index (χ4n) is 2.30. The Balaban J connectivity index is 1.64. The van der Waals surface area contributed by atoms with Crippen LogP contribution in [-0.2, 0) is 6.42 Å². The Morgan fingerprint density at radius 2 is 1.96 bits per heavy atom. The zero-order valence-corrected chi connectivity index (χ0v) is 14.7. The topological polar surface area (TPSA) is 68.0 Å². The molecule has 0 unspecified atom stereocenters. The van der Waals surface area contributed by atoms with Crippen LogP contribution < -0.4 is 5.32 Å². The first-order chi connectivity index (χ1) is 12.0. The van der Waals surface area contributed by atoms with E-state index in [1.54, 1.807) is 24.3 Å². The number of aromatic nitrogens is 2. The molecule has 0 saturated heterocycles. The number of nitrogens with one attached hydrogen (secondary N) is 1. The summed E-state index contributed by atoms with van der Waals surface area (Å²) in [6, 6.07) is 14.4. The van der Waals surface area contributed by atoms with Crippen LogP contribution in [0.3, 0.4) is 0 Å².